The van der Waals surface area contributed by atoms with Crippen LogP contribution in [0.1, 0.15) is 20.8 Å². The molecule has 138 valence electrons. The number of aliphatic carboxylic acids is 1. The molecule has 11 heteroatoms. The van der Waals surface area contributed by atoms with E-state index in [1.807, 2.05) is 0 Å². The summed E-state index contributed by atoms with van der Waals surface area (Å²) < 4.78 is 0. The number of aliphatic hydroxyl groups is 2. The van der Waals surface area contributed by atoms with Crippen molar-refractivity contribution >= 4 is 23.7 Å². The smallest absolute Gasteiger partial charge is 0.325 e. The predicted molar refractivity (Wildman–Crippen MR) is 81.5 cm³/mol. The lowest BCUT2D eigenvalue weighted by Gasteiger charge is -2.22. The van der Waals surface area contributed by atoms with E-state index in [0.717, 1.165) is 0 Å². The molecular weight excluding hydrogens is 324 g/mol. The van der Waals surface area contributed by atoms with Gasteiger partial charge in [0.2, 0.25) is 17.7 Å². The van der Waals surface area contributed by atoms with E-state index in [4.69, 9.17) is 15.9 Å². The molecule has 0 aliphatic carbocycles. The minimum atomic E-state index is -1.40. The van der Waals surface area contributed by atoms with Crippen LogP contribution in [0.15, 0.2) is 0 Å². The van der Waals surface area contributed by atoms with Crippen LogP contribution in [0.25, 0.3) is 0 Å². The summed E-state index contributed by atoms with van der Waals surface area (Å²) in [4.78, 5) is 45.8. The van der Waals surface area contributed by atoms with E-state index in [1.54, 1.807) is 0 Å². The van der Waals surface area contributed by atoms with Gasteiger partial charge < -0.3 is 37.0 Å². The summed E-state index contributed by atoms with van der Waals surface area (Å²) in [5.74, 6) is -3.73. The summed E-state index contributed by atoms with van der Waals surface area (Å²) in [7, 11) is 0. The SMILES string of the molecule is CC(NC(=O)C(NC(=O)CNC(=O)C(N)C(C)O)C(C)O)C(=O)O. The Labute approximate surface area is 138 Å². The molecule has 0 aromatic rings. The zero-order chi connectivity index (χ0) is 19.0. The van der Waals surface area contributed by atoms with E-state index >= 15 is 0 Å². The van der Waals surface area contributed by atoms with Crippen molar-refractivity contribution in [2.75, 3.05) is 6.54 Å². The zero-order valence-corrected chi connectivity index (χ0v) is 13.6. The van der Waals surface area contributed by atoms with Gasteiger partial charge in [0, 0.05) is 0 Å². The Kier molecular flexibility index (Phi) is 8.89. The third-order valence-corrected chi connectivity index (χ3v) is 3.06. The standard InChI is InChI=1S/C13H24N4O7/c1-5(13(23)24)16-12(22)10(7(3)19)17-8(20)4-15-11(21)9(14)6(2)18/h5-7,9-10,18-19H,4,14H2,1-3H3,(H,15,21)(H,16,22)(H,17,20)(H,23,24). The maximum Gasteiger partial charge on any atom is 0.325 e. The molecule has 24 heavy (non-hydrogen) atoms. The van der Waals surface area contributed by atoms with Gasteiger partial charge in [0.1, 0.15) is 18.1 Å². The van der Waals surface area contributed by atoms with Gasteiger partial charge in [-0.2, -0.15) is 0 Å². The number of rotatable bonds is 9. The average molecular weight is 348 g/mol. The molecule has 5 unspecified atom stereocenters. The van der Waals surface area contributed by atoms with Crippen molar-refractivity contribution in [1.29, 1.82) is 0 Å². The van der Waals surface area contributed by atoms with Crippen molar-refractivity contribution in [3.8, 4) is 0 Å². The van der Waals surface area contributed by atoms with Gasteiger partial charge in [-0.05, 0) is 20.8 Å². The largest absolute Gasteiger partial charge is 0.480 e. The van der Waals surface area contributed by atoms with Crippen LogP contribution in [-0.2, 0) is 19.2 Å². The topological polar surface area (TPSA) is 191 Å². The van der Waals surface area contributed by atoms with Gasteiger partial charge >= 0.3 is 5.97 Å². The molecule has 0 aliphatic heterocycles. The van der Waals surface area contributed by atoms with Gasteiger partial charge in [-0.1, -0.05) is 0 Å². The summed E-state index contributed by atoms with van der Waals surface area (Å²) >= 11 is 0. The van der Waals surface area contributed by atoms with E-state index in [2.05, 4.69) is 16.0 Å². The molecule has 0 aliphatic rings. The molecule has 0 radical (unpaired) electrons. The summed E-state index contributed by atoms with van der Waals surface area (Å²) in [6.07, 6.45) is -2.41. The third kappa shape index (κ3) is 7.35. The lowest BCUT2D eigenvalue weighted by Crippen LogP contribution is -2.57. The van der Waals surface area contributed by atoms with Crippen LogP contribution >= 0.6 is 0 Å². The molecule has 0 heterocycles. The molecule has 0 aromatic carbocycles. The first-order chi connectivity index (χ1) is 11.0. The number of aliphatic hydroxyl groups excluding tert-OH is 2. The Bertz CT molecular complexity index is 481. The van der Waals surface area contributed by atoms with Crippen molar-refractivity contribution in [3.63, 3.8) is 0 Å². The van der Waals surface area contributed by atoms with E-state index in [9.17, 15) is 24.3 Å². The zero-order valence-electron chi connectivity index (χ0n) is 13.6. The highest BCUT2D eigenvalue weighted by molar-refractivity contribution is 5.92. The highest BCUT2D eigenvalue weighted by Gasteiger charge is 2.28. The summed E-state index contributed by atoms with van der Waals surface area (Å²) in [6.45, 7) is 3.22. The molecule has 0 bridgehead atoms. The molecule has 5 atom stereocenters. The van der Waals surface area contributed by atoms with Crippen molar-refractivity contribution in [2.45, 2.75) is 51.1 Å². The predicted octanol–water partition coefficient (Wildman–Crippen LogP) is -3.73. The molecule has 0 saturated heterocycles. The molecule has 11 nitrogen and oxygen atoms in total. The molecule has 3 amide bonds. The number of carbonyl (C=O) groups is 4. The van der Waals surface area contributed by atoms with Gasteiger partial charge in [0.25, 0.3) is 0 Å². The Morgan fingerprint density at radius 1 is 0.958 bits per heavy atom. The number of carbonyl (C=O) groups excluding carboxylic acids is 3. The van der Waals surface area contributed by atoms with Gasteiger partial charge in [0.05, 0.1) is 18.8 Å². The maximum atomic E-state index is 11.9. The number of amides is 3. The number of carboxylic acids is 1. The third-order valence-electron chi connectivity index (χ3n) is 3.06. The van der Waals surface area contributed by atoms with Crippen molar-refractivity contribution in [2.24, 2.45) is 5.73 Å². The van der Waals surface area contributed by atoms with Gasteiger partial charge in [0.15, 0.2) is 0 Å². The first kappa shape index (κ1) is 21.8. The first-order valence-corrected chi connectivity index (χ1v) is 7.19. The van der Waals surface area contributed by atoms with E-state index < -0.39 is 60.6 Å². The fourth-order valence-electron chi connectivity index (χ4n) is 1.50. The maximum absolute atomic E-state index is 11.9. The Morgan fingerprint density at radius 2 is 1.50 bits per heavy atom. The second kappa shape index (κ2) is 9.80. The second-order valence-electron chi connectivity index (χ2n) is 5.34. The fraction of sp³-hybridized carbons (Fsp3) is 0.692. The van der Waals surface area contributed by atoms with Crippen LogP contribution in [0.3, 0.4) is 0 Å². The Hall–Kier alpha value is -2.24. The molecular formula is C13H24N4O7. The van der Waals surface area contributed by atoms with Crippen molar-refractivity contribution in [1.82, 2.24) is 16.0 Å². The van der Waals surface area contributed by atoms with Crippen LogP contribution in [-0.4, -0.2) is 75.9 Å². The minimum absolute atomic E-state index is 0.537. The number of hydrogen-bond donors (Lipinski definition) is 7. The quantitative estimate of drug-likeness (QED) is 0.221. The second-order valence-corrected chi connectivity index (χ2v) is 5.34. The highest BCUT2D eigenvalue weighted by atomic mass is 16.4. The van der Waals surface area contributed by atoms with Crippen molar-refractivity contribution in [3.05, 3.63) is 0 Å². The van der Waals surface area contributed by atoms with Crippen LogP contribution in [0.4, 0.5) is 0 Å². The lowest BCUT2D eigenvalue weighted by molar-refractivity contribution is -0.142. The fourth-order valence-corrected chi connectivity index (χ4v) is 1.50. The molecule has 0 rings (SSSR count). The number of hydrogen-bond acceptors (Lipinski definition) is 7. The minimum Gasteiger partial charge on any atom is -0.480 e. The van der Waals surface area contributed by atoms with E-state index in [-0.39, 0.29) is 0 Å². The van der Waals surface area contributed by atoms with Gasteiger partial charge in [-0.3, -0.25) is 19.2 Å². The molecule has 0 spiro atoms. The molecule has 0 aromatic heterocycles. The average Bonchev–Trinajstić information content (AvgIpc) is 2.48. The number of nitrogens with one attached hydrogen (secondary N) is 3. The summed E-state index contributed by atoms with van der Waals surface area (Å²) in [6, 6.07) is -3.83. The first-order valence-electron chi connectivity index (χ1n) is 7.19. The van der Waals surface area contributed by atoms with Crippen LogP contribution < -0.4 is 21.7 Å². The van der Waals surface area contributed by atoms with Gasteiger partial charge in [-0.15, -0.1) is 0 Å². The molecule has 0 fully saturated rings. The van der Waals surface area contributed by atoms with E-state index in [1.165, 1.54) is 20.8 Å². The highest BCUT2D eigenvalue weighted by Crippen LogP contribution is 1.95. The molecule has 8 N–H and O–H groups in total. The van der Waals surface area contributed by atoms with Crippen molar-refractivity contribution < 1.29 is 34.5 Å². The molecule has 0 saturated carbocycles. The van der Waals surface area contributed by atoms with Crippen LogP contribution in [0.5, 0.6) is 0 Å². The Balaban J connectivity index is 4.62. The normalized spacial score (nSPS) is 16.9. The summed E-state index contributed by atoms with van der Waals surface area (Å²) in [5.41, 5.74) is 5.37. The van der Waals surface area contributed by atoms with E-state index in [0.29, 0.717) is 0 Å². The van der Waals surface area contributed by atoms with Crippen LogP contribution in [0, 0.1) is 0 Å². The lowest BCUT2D eigenvalue weighted by atomic mass is 10.1. The monoisotopic (exact) mass is 348 g/mol. The summed E-state index contributed by atoms with van der Waals surface area (Å²) in [5, 5.41) is 33.9. The van der Waals surface area contributed by atoms with Gasteiger partial charge in [-0.25, -0.2) is 0 Å². The number of nitrogens with two attached hydrogens (primary N) is 1. The Morgan fingerprint density at radius 3 is 1.92 bits per heavy atom. The number of carboxylic acid groups (broad SMARTS) is 1. The van der Waals surface area contributed by atoms with Crippen LogP contribution in [0.2, 0.25) is 0 Å².